The normalized spacial score (nSPS) is 18.2. The Hall–Kier alpha value is -2.81. The van der Waals surface area contributed by atoms with E-state index < -0.39 is 5.82 Å². The Labute approximate surface area is 189 Å². The van der Waals surface area contributed by atoms with Crippen LogP contribution in [0.1, 0.15) is 40.5 Å². The minimum absolute atomic E-state index is 0.0276. The minimum atomic E-state index is -0.491. The average Bonchev–Trinajstić information content (AvgIpc) is 2.73. The van der Waals surface area contributed by atoms with Gasteiger partial charge in [0, 0.05) is 34.9 Å². The van der Waals surface area contributed by atoms with E-state index in [4.69, 9.17) is 14.2 Å². The van der Waals surface area contributed by atoms with Gasteiger partial charge in [0.05, 0.1) is 27.5 Å². The number of ether oxygens (including phenoxy) is 3. The molecule has 0 amide bonds. The van der Waals surface area contributed by atoms with Crippen LogP contribution < -0.4 is 24.8 Å². The van der Waals surface area contributed by atoms with Crippen molar-refractivity contribution in [2.45, 2.75) is 57.7 Å². The molecular formula is C23H34FN5O3. The van der Waals surface area contributed by atoms with Gasteiger partial charge in [-0.3, -0.25) is 4.90 Å². The van der Waals surface area contributed by atoms with Crippen molar-refractivity contribution in [3.8, 4) is 17.2 Å². The molecule has 1 fully saturated rings. The maximum atomic E-state index is 14.6. The van der Waals surface area contributed by atoms with E-state index in [1.807, 2.05) is 0 Å². The van der Waals surface area contributed by atoms with Crippen LogP contribution in [0.5, 0.6) is 17.2 Å². The van der Waals surface area contributed by atoms with Crippen molar-refractivity contribution in [3.05, 3.63) is 24.1 Å². The molecule has 0 radical (unpaired) electrons. The van der Waals surface area contributed by atoms with Crippen LogP contribution in [0.2, 0.25) is 0 Å². The molecule has 0 unspecified atom stereocenters. The SMILES string of the molecule is COc1cc(Nc2ncc(F)c(NC3CC(C)(C)N(C)C(C)(C)C3)n2)cc(OC)c1OC. The first kappa shape index (κ1) is 23.8. The van der Waals surface area contributed by atoms with Gasteiger partial charge in [-0.05, 0) is 47.6 Å². The number of likely N-dealkylation sites (tertiary alicyclic amines) is 1. The summed E-state index contributed by atoms with van der Waals surface area (Å²) in [6, 6.07) is 3.56. The van der Waals surface area contributed by atoms with Gasteiger partial charge in [0.25, 0.3) is 0 Å². The first-order chi connectivity index (χ1) is 15.0. The molecular weight excluding hydrogens is 413 g/mol. The van der Waals surface area contributed by atoms with Gasteiger partial charge in [0.2, 0.25) is 11.7 Å². The second kappa shape index (κ2) is 8.97. The Morgan fingerprint density at radius 2 is 1.56 bits per heavy atom. The largest absolute Gasteiger partial charge is 0.493 e. The summed E-state index contributed by atoms with van der Waals surface area (Å²) < 4.78 is 30.7. The van der Waals surface area contributed by atoms with E-state index in [-0.39, 0.29) is 28.9 Å². The van der Waals surface area contributed by atoms with Gasteiger partial charge >= 0.3 is 0 Å². The predicted octanol–water partition coefficient (Wildman–Crippen LogP) is 4.45. The fraction of sp³-hybridized carbons (Fsp3) is 0.565. The Kier molecular flexibility index (Phi) is 6.69. The average molecular weight is 448 g/mol. The number of anilines is 3. The second-order valence-electron chi connectivity index (χ2n) is 9.36. The molecule has 2 aromatic rings. The number of rotatable bonds is 7. The number of nitrogens with zero attached hydrogens (tertiary/aromatic N) is 3. The number of benzene rings is 1. The first-order valence-electron chi connectivity index (χ1n) is 10.6. The lowest BCUT2D eigenvalue weighted by atomic mass is 9.77. The number of methoxy groups -OCH3 is 3. The highest BCUT2D eigenvalue weighted by Gasteiger charge is 2.43. The van der Waals surface area contributed by atoms with Crippen LogP contribution in [0.15, 0.2) is 18.3 Å². The minimum Gasteiger partial charge on any atom is -0.493 e. The topological polar surface area (TPSA) is 80.8 Å². The molecule has 1 aromatic heterocycles. The van der Waals surface area contributed by atoms with Crippen LogP contribution in [0, 0.1) is 5.82 Å². The van der Waals surface area contributed by atoms with Gasteiger partial charge in [0.15, 0.2) is 23.1 Å². The van der Waals surface area contributed by atoms with Crippen LogP contribution in [0.25, 0.3) is 0 Å². The maximum Gasteiger partial charge on any atom is 0.229 e. The van der Waals surface area contributed by atoms with Gasteiger partial charge in [-0.2, -0.15) is 4.98 Å². The predicted molar refractivity (Wildman–Crippen MR) is 124 cm³/mol. The van der Waals surface area contributed by atoms with E-state index in [1.165, 1.54) is 6.20 Å². The zero-order valence-corrected chi connectivity index (χ0v) is 20.2. The Balaban J connectivity index is 1.84. The van der Waals surface area contributed by atoms with Gasteiger partial charge in [0.1, 0.15) is 0 Å². The summed E-state index contributed by atoms with van der Waals surface area (Å²) in [5.74, 6) is 1.41. The van der Waals surface area contributed by atoms with Crippen molar-refractivity contribution in [2.24, 2.45) is 0 Å². The van der Waals surface area contributed by atoms with Gasteiger partial charge in [-0.1, -0.05) is 0 Å². The van der Waals surface area contributed by atoms with Crippen LogP contribution >= 0.6 is 0 Å². The molecule has 1 aliphatic rings. The first-order valence-corrected chi connectivity index (χ1v) is 10.6. The standard InChI is InChI=1S/C23H34FN5O3/c1-22(2)11-15(12-23(3,4)29(22)5)26-20-16(24)13-25-21(28-20)27-14-9-17(30-6)19(32-8)18(10-14)31-7/h9-10,13,15H,11-12H2,1-8H3,(H2,25,26,27,28). The van der Waals surface area contributed by atoms with E-state index in [0.29, 0.717) is 22.9 Å². The summed E-state index contributed by atoms with van der Waals surface area (Å²) in [5, 5.41) is 6.40. The zero-order valence-electron chi connectivity index (χ0n) is 20.2. The molecule has 1 aliphatic heterocycles. The lowest BCUT2D eigenvalue weighted by molar-refractivity contribution is -0.00778. The molecule has 2 N–H and O–H groups in total. The molecule has 2 heterocycles. The molecule has 0 saturated carbocycles. The highest BCUT2D eigenvalue weighted by Crippen LogP contribution is 2.41. The third-order valence-electron chi connectivity index (χ3n) is 6.31. The van der Waals surface area contributed by atoms with Gasteiger partial charge in [-0.15, -0.1) is 0 Å². The summed E-state index contributed by atoms with van der Waals surface area (Å²) in [7, 11) is 6.77. The van der Waals surface area contributed by atoms with Gasteiger partial charge in [-0.25, -0.2) is 9.37 Å². The number of aromatic nitrogens is 2. The third kappa shape index (κ3) is 4.82. The molecule has 0 spiro atoms. The number of hydrogen-bond acceptors (Lipinski definition) is 8. The van der Waals surface area contributed by atoms with Crippen molar-refractivity contribution in [3.63, 3.8) is 0 Å². The summed E-state index contributed by atoms with van der Waals surface area (Å²) in [5.41, 5.74) is 0.569. The fourth-order valence-corrected chi connectivity index (χ4v) is 4.48. The molecule has 1 saturated heterocycles. The smallest absolute Gasteiger partial charge is 0.229 e. The molecule has 8 nitrogen and oxygen atoms in total. The van der Waals surface area contributed by atoms with Crippen molar-refractivity contribution >= 4 is 17.5 Å². The zero-order chi connectivity index (χ0) is 23.7. The highest BCUT2D eigenvalue weighted by atomic mass is 19.1. The van der Waals surface area contributed by atoms with E-state index >= 15 is 0 Å². The maximum absolute atomic E-state index is 14.6. The number of halogens is 1. The number of nitrogens with one attached hydrogen (secondary N) is 2. The van der Waals surface area contributed by atoms with E-state index in [9.17, 15) is 4.39 Å². The molecule has 3 rings (SSSR count). The van der Waals surface area contributed by atoms with Crippen molar-refractivity contribution in [1.29, 1.82) is 0 Å². The number of hydrogen-bond donors (Lipinski definition) is 2. The van der Waals surface area contributed by atoms with Crippen LogP contribution in [-0.4, -0.2) is 60.4 Å². The van der Waals surface area contributed by atoms with Gasteiger partial charge < -0.3 is 24.8 Å². The molecule has 9 heteroatoms. The molecule has 32 heavy (non-hydrogen) atoms. The van der Waals surface area contributed by atoms with Crippen LogP contribution in [-0.2, 0) is 0 Å². The molecule has 0 atom stereocenters. The molecule has 0 aliphatic carbocycles. The third-order valence-corrected chi connectivity index (χ3v) is 6.31. The molecule has 1 aromatic carbocycles. The van der Waals surface area contributed by atoms with Crippen LogP contribution in [0.4, 0.5) is 21.8 Å². The van der Waals surface area contributed by atoms with E-state index in [1.54, 1.807) is 33.5 Å². The summed E-state index contributed by atoms with van der Waals surface area (Å²) in [4.78, 5) is 10.9. The monoisotopic (exact) mass is 447 g/mol. The number of piperidine rings is 1. The summed E-state index contributed by atoms with van der Waals surface area (Å²) in [6.07, 6.45) is 2.90. The molecule has 176 valence electrons. The quantitative estimate of drug-likeness (QED) is 0.644. The highest BCUT2D eigenvalue weighted by molar-refractivity contribution is 5.66. The van der Waals surface area contributed by atoms with Crippen molar-refractivity contribution < 1.29 is 18.6 Å². The molecule has 0 bridgehead atoms. The Morgan fingerprint density at radius 3 is 2.06 bits per heavy atom. The van der Waals surface area contributed by atoms with Crippen molar-refractivity contribution in [2.75, 3.05) is 39.0 Å². The van der Waals surface area contributed by atoms with Crippen molar-refractivity contribution in [1.82, 2.24) is 14.9 Å². The Morgan fingerprint density at radius 1 is 1.00 bits per heavy atom. The second-order valence-corrected chi connectivity index (χ2v) is 9.36. The lowest BCUT2D eigenvalue weighted by Crippen LogP contribution is -2.61. The summed E-state index contributed by atoms with van der Waals surface area (Å²) >= 11 is 0. The Bertz CT molecular complexity index is 924. The van der Waals surface area contributed by atoms with Crippen LogP contribution in [0.3, 0.4) is 0 Å². The lowest BCUT2D eigenvalue weighted by Gasteiger charge is -2.53. The van der Waals surface area contributed by atoms with E-state index in [0.717, 1.165) is 12.8 Å². The summed E-state index contributed by atoms with van der Waals surface area (Å²) in [6.45, 7) is 8.82. The fourth-order valence-electron chi connectivity index (χ4n) is 4.48. The van der Waals surface area contributed by atoms with E-state index in [2.05, 4.69) is 60.2 Å².